The van der Waals surface area contributed by atoms with E-state index >= 15 is 0 Å². The van der Waals surface area contributed by atoms with Gasteiger partial charge < -0.3 is 10.6 Å². The molecule has 30 heavy (non-hydrogen) atoms. The average Bonchev–Trinajstić information content (AvgIpc) is 3.18. The molecule has 0 unspecified atom stereocenters. The second-order valence-electron chi connectivity index (χ2n) is 12.6. The first-order chi connectivity index (χ1) is 13.9. The first-order valence-corrected chi connectivity index (χ1v) is 12.5. The Hall–Kier alpha value is -1.06. The molecule has 0 aromatic heterocycles. The molecule has 4 rings (SSSR count). The summed E-state index contributed by atoms with van der Waals surface area (Å²) in [6, 6.07) is 0.322. The molecule has 4 bridgehead atoms. The van der Waals surface area contributed by atoms with Crippen LogP contribution in [0.4, 0.5) is 0 Å². The molecule has 0 heterocycles. The molecule has 4 nitrogen and oxygen atoms in total. The van der Waals surface area contributed by atoms with Crippen molar-refractivity contribution in [2.24, 2.45) is 34.0 Å². The van der Waals surface area contributed by atoms with Gasteiger partial charge in [0.25, 0.3) is 0 Å². The van der Waals surface area contributed by atoms with Crippen LogP contribution in [-0.2, 0) is 9.59 Å². The maximum atomic E-state index is 12.7. The van der Waals surface area contributed by atoms with Crippen LogP contribution in [0.25, 0.3) is 0 Å². The topological polar surface area (TPSA) is 58.2 Å². The molecule has 4 fully saturated rings. The zero-order valence-corrected chi connectivity index (χ0v) is 20.2. The third-order valence-electron chi connectivity index (χ3n) is 11.1. The minimum atomic E-state index is -0.0177. The molecule has 4 heteroatoms. The number of carbonyl (C=O) groups is 2. The number of hydrogen-bond donors (Lipinski definition) is 2. The highest BCUT2D eigenvalue weighted by Gasteiger charge is 2.63. The number of carbonyl (C=O) groups excluding carboxylic acids is 2. The monoisotopic (exact) mass is 416 g/mol. The van der Waals surface area contributed by atoms with E-state index in [1.807, 2.05) is 0 Å². The van der Waals surface area contributed by atoms with Crippen LogP contribution in [-0.4, -0.2) is 23.4 Å². The molecule has 2 N–H and O–H groups in total. The molecular formula is C26H44N2O2. The van der Waals surface area contributed by atoms with Crippen LogP contribution in [0.15, 0.2) is 0 Å². The molecule has 0 spiro atoms. The SMILES string of the molecule is C[C@H]1C[C@H]2CC[C@]1(NC(=O)CCCCC(=O)N[C@@H]1C[C@@H]3CC[C@]1(C)C3(C)C)C2(C)C. The van der Waals surface area contributed by atoms with Crippen LogP contribution in [0, 0.1) is 34.0 Å². The lowest BCUT2D eigenvalue weighted by Gasteiger charge is -2.42. The van der Waals surface area contributed by atoms with E-state index in [2.05, 4.69) is 52.2 Å². The van der Waals surface area contributed by atoms with E-state index < -0.39 is 0 Å². The number of fused-ring (bicyclic) bond motifs is 4. The average molecular weight is 417 g/mol. The summed E-state index contributed by atoms with van der Waals surface area (Å²) in [6.07, 6.45) is 9.95. The molecule has 0 aliphatic heterocycles. The molecule has 2 amide bonds. The minimum absolute atomic E-state index is 0.0177. The van der Waals surface area contributed by atoms with Crippen molar-refractivity contribution < 1.29 is 9.59 Å². The Morgan fingerprint density at radius 3 is 1.93 bits per heavy atom. The number of hydrogen-bond acceptors (Lipinski definition) is 2. The van der Waals surface area contributed by atoms with E-state index in [-0.39, 0.29) is 28.2 Å². The van der Waals surface area contributed by atoms with Gasteiger partial charge in [-0.25, -0.2) is 0 Å². The molecule has 0 aromatic carbocycles. The Morgan fingerprint density at radius 2 is 1.43 bits per heavy atom. The number of unbranched alkanes of at least 4 members (excludes halogenated alkanes) is 1. The van der Waals surface area contributed by atoms with E-state index in [0.717, 1.165) is 37.5 Å². The minimum Gasteiger partial charge on any atom is -0.353 e. The van der Waals surface area contributed by atoms with Crippen LogP contribution < -0.4 is 10.6 Å². The van der Waals surface area contributed by atoms with Crippen molar-refractivity contribution in [2.45, 2.75) is 117 Å². The molecule has 0 aromatic rings. The fraction of sp³-hybridized carbons (Fsp3) is 0.923. The normalized spacial score (nSPS) is 42.5. The highest BCUT2D eigenvalue weighted by atomic mass is 16.2. The second kappa shape index (κ2) is 7.24. The lowest BCUT2D eigenvalue weighted by atomic mass is 9.69. The van der Waals surface area contributed by atoms with Crippen molar-refractivity contribution in [2.75, 3.05) is 0 Å². The van der Waals surface area contributed by atoms with Crippen LogP contribution >= 0.6 is 0 Å². The Morgan fingerprint density at radius 1 is 0.833 bits per heavy atom. The van der Waals surface area contributed by atoms with Crippen LogP contribution in [0.2, 0.25) is 0 Å². The van der Waals surface area contributed by atoms with Gasteiger partial charge in [-0.05, 0) is 85.4 Å². The van der Waals surface area contributed by atoms with Crippen molar-refractivity contribution in [3.63, 3.8) is 0 Å². The summed E-state index contributed by atoms with van der Waals surface area (Å²) in [5.74, 6) is 2.41. The predicted molar refractivity (Wildman–Crippen MR) is 121 cm³/mol. The Bertz CT molecular complexity index is 714. The van der Waals surface area contributed by atoms with Crippen molar-refractivity contribution in [1.82, 2.24) is 10.6 Å². The largest absolute Gasteiger partial charge is 0.353 e. The Balaban J connectivity index is 1.20. The van der Waals surface area contributed by atoms with E-state index in [1.54, 1.807) is 0 Å². The Kier molecular flexibility index (Phi) is 5.34. The smallest absolute Gasteiger partial charge is 0.220 e. The van der Waals surface area contributed by atoms with Gasteiger partial charge in [0.05, 0.1) is 0 Å². The van der Waals surface area contributed by atoms with Crippen molar-refractivity contribution in [1.29, 1.82) is 0 Å². The van der Waals surface area contributed by atoms with Crippen LogP contribution in [0.1, 0.15) is 106 Å². The van der Waals surface area contributed by atoms with E-state index in [1.165, 1.54) is 25.7 Å². The van der Waals surface area contributed by atoms with Crippen LogP contribution in [0.3, 0.4) is 0 Å². The van der Waals surface area contributed by atoms with E-state index in [4.69, 9.17) is 0 Å². The molecule has 170 valence electrons. The molecule has 4 saturated carbocycles. The van der Waals surface area contributed by atoms with E-state index in [0.29, 0.717) is 30.2 Å². The molecule has 4 aliphatic rings. The van der Waals surface area contributed by atoms with Gasteiger partial charge >= 0.3 is 0 Å². The quantitative estimate of drug-likeness (QED) is 0.560. The Labute approximate surface area is 183 Å². The molecule has 6 atom stereocenters. The fourth-order valence-corrected chi connectivity index (χ4v) is 8.29. The van der Waals surface area contributed by atoms with Gasteiger partial charge in [-0.1, -0.05) is 41.5 Å². The standard InChI is InChI=1S/C26H44N2O2/c1-17-15-18-12-14-26(17,24(18,4)5)28-22(30)10-8-7-9-21(29)27-20-16-19-11-13-25(20,6)23(19,2)3/h17-20H,7-16H2,1-6H3,(H,27,29)(H,28,30)/t17-,18+,19-,20+,25-,26+/m0/s1. The fourth-order valence-electron chi connectivity index (χ4n) is 8.29. The van der Waals surface area contributed by atoms with Gasteiger partial charge in [0.1, 0.15) is 0 Å². The zero-order chi connectivity index (χ0) is 21.9. The zero-order valence-electron chi connectivity index (χ0n) is 20.2. The summed E-state index contributed by atoms with van der Waals surface area (Å²) < 4.78 is 0. The lowest BCUT2D eigenvalue weighted by Crippen LogP contribution is -2.56. The number of rotatable bonds is 7. The maximum absolute atomic E-state index is 12.7. The lowest BCUT2D eigenvalue weighted by molar-refractivity contribution is -0.126. The second-order valence-corrected chi connectivity index (χ2v) is 12.6. The van der Waals surface area contributed by atoms with Gasteiger partial charge in [-0.3, -0.25) is 9.59 Å². The molecule has 4 aliphatic carbocycles. The van der Waals surface area contributed by atoms with Gasteiger partial charge in [-0.2, -0.15) is 0 Å². The summed E-state index contributed by atoms with van der Waals surface area (Å²) in [5, 5.41) is 6.81. The third-order valence-corrected chi connectivity index (χ3v) is 11.1. The van der Waals surface area contributed by atoms with Gasteiger partial charge in [0.2, 0.25) is 11.8 Å². The summed E-state index contributed by atoms with van der Waals surface area (Å²) in [6.45, 7) is 14.1. The summed E-state index contributed by atoms with van der Waals surface area (Å²) >= 11 is 0. The maximum Gasteiger partial charge on any atom is 0.220 e. The summed E-state index contributed by atoms with van der Waals surface area (Å²) in [7, 11) is 0. The van der Waals surface area contributed by atoms with E-state index in [9.17, 15) is 9.59 Å². The van der Waals surface area contributed by atoms with Gasteiger partial charge in [0.15, 0.2) is 0 Å². The first-order valence-electron chi connectivity index (χ1n) is 12.5. The van der Waals surface area contributed by atoms with Gasteiger partial charge in [0, 0.05) is 24.4 Å². The number of amides is 2. The predicted octanol–water partition coefficient (Wildman–Crippen LogP) is 5.21. The van der Waals surface area contributed by atoms with Crippen molar-refractivity contribution in [3.05, 3.63) is 0 Å². The molecular weight excluding hydrogens is 372 g/mol. The summed E-state index contributed by atoms with van der Waals surface area (Å²) in [5.41, 5.74) is 0.742. The highest BCUT2D eigenvalue weighted by molar-refractivity contribution is 5.78. The van der Waals surface area contributed by atoms with Crippen molar-refractivity contribution >= 4 is 11.8 Å². The highest BCUT2D eigenvalue weighted by Crippen LogP contribution is 2.65. The molecule has 0 radical (unpaired) electrons. The first kappa shape index (κ1) is 22.1. The number of nitrogens with one attached hydrogen (secondary N) is 2. The van der Waals surface area contributed by atoms with Crippen LogP contribution in [0.5, 0.6) is 0 Å². The summed E-state index contributed by atoms with van der Waals surface area (Å²) in [4.78, 5) is 25.3. The van der Waals surface area contributed by atoms with Crippen molar-refractivity contribution in [3.8, 4) is 0 Å². The van der Waals surface area contributed by atoms with Gasteiger partial charge in [-0.15, -0.1) is 0 Å². The third kappa shape index (κ3) is 3.06. The molecule has 0 saturated heterocycles.